The Morgan fingerprint density at radius 1 is 0.970 bits per heavy atom. The van der Waals surface area contributed by atoms with Gasteiger partial charge in [0.2, 0.25) is 15.7 Å². The normalized spacial score (nSPS) is 15.9. The maximum atomic E-state index is 13.8. The molecule has 0 saturated carbocycles. The summed E-state index contributed by atoms with van der Waals surface area (Å²) in [7, 11) is -2.42. The molecule has 0 amide bonds. The zero-order valence-corrected chi connectivity index (χ0v) is 19.9. The van der Waals surface area contributed by atoms with Gasteiger partial charge in [0.05, 0.1) is 21.9 Å². The number of nitrogens with two attached hydrogens (primary N) is 1. The summed E-state index contributed by atoms with van der Waals surface area (Å²) in [6.45, 7) is 0. The third-order valence-electron chi connectivity index (χ3n) is 5.82. The molecule has 1 aromatic heterocycles. The first kappa shape index (κ1) is 21.5. The smallest absolute Gasteiger partial charge is 0.258 e. The number of rotatable bonds is 3. The van der Waals surface area contributed by atoms with Gasteiger partial charge in [0, 0.05) is 16.9 Å². The number of aromatic nitrogens is 1. The van der Waals surface area contributed by atoms with Crippen molar-refractivity contribution in [2.45, 2.75) is 10.8 Å². The fraction of sp³-hybridized carbons (Fsp3) is 0.0800. The maximum Gasteiger partial charge on any atom is 0.258 e. The molecule has 2 heterocycles. The van der Waals surface area contributed by atoms with Crippen molar-refractivity contribution in [2.75, 3.05) is 0 Å². The first-order chi connectivity index (χ1) is 15.8. The standard InChI is InChI=1S/C25H19BrN2O4S/c1-28-19-13-6-5-12-18(19)22-21(25(28)29)20(15-8-7-9-16(26)14-15)23(24(27)32-22)33(30,31)17-10-3-2-4-11-17/h2-14,20H,27H2,1H3/t20-/m0/s1. The highest BCUT2D eigenvalue weighted by Crippen LogP contribution is 2.47. The van der Waals surface area contributed by atoms with Crippen molar-refractivity contribution in [3.8, 4) is 5.75 Å². The van der Waals surface area contributed by atoms with Gasteiger partial charge in [-0.15, -0.1) is 0 Å². The van der Waals surface area contributed by atoms with E-state index < -0.39 is 15.8 Å². The van der Waals surface area contributed by atoms with Gasteiger partial charge in [-0.25, -0.2) is 8.42 Å². The second-order valence-electron chi connectivity index (χ2n) is 7.76. The van der Waals surface area contributed by atoms with Crippen LogP contribution in [0.5, 0.6) is 5.75 Å². The van der Waals surface area contributed by atoms with Gasteiger partial charge < -0.3 is 15.0 Å². The Balaban J connectivity index is 1.90. The molecule has 5 rings (SSSR count). The summed E-state index contributed by atoms with van der Waals surface area (Å²) in [6.07, 6.45) is 0. The van der Waals surface area contributed by atoms with Gasteiger partial charge in [0.25, 0.3) is 5.56 Å². The number of benzene rings is 3. The monoisotopic (exact) mass is 522 g/mol. The van der Waals surface area contributed by atoms with Crippen LogP contribution in [-0.4, -0.2) is 13.0 Å². The second kappa shape index (κ2) is 7.90. The number of allylic oxidation sites excluding steroid dienone is 1. The Bertz CT molecular complexity index is 1610. The summed E-state index contributed by atoms with van der Waals surface area (Å²) in [5.74, 6) is -0.905. The van der Waals surface area contributed by atoms with E-state index in [-0.39, 0.29) is 32.6 Å². The first-order valence-electron chi connectivity index (χ1n) is 10.2. The zero-order valence-electron chi connectivity index (χ0n) is 17.5. The Hall–Kier alpha value is -3.36. The number of halogens is 1. The lowest BCUT2D eigenvalue weighted by Crippen LogP contribution is -2.33. The molecule has 0 aliphatic carbocycles. The summed E-state index contributed by atoms with van der Waals surface area (Å²) in [4.78, 5) is 13.6. The molecule has 1 aliphatic heterocycles. The van der Waals surface area contributed by atoms with Crippen LogP contribution in [0.4, 0.5) is 0 Å². The number of hydrogen-bond donors (Lipinski definition) is 1. The minimum atomic E-state index is -4.08. The van der Waals surface area contributed by atoms with Crippen LogP contribution in [0, 0.1) is 0 Å². The molecule has 3 aromatic carbocycles. The fourth-order valence-electron chi connectivity index (χ4n) is 4.31. The predicted molar refractivity (Wildman–Crippen MR) is 131 cm³/mol. The van der Waals surface area contributed by atoms with Crippen LogP contribution < -0.4 is 16.0 Å². The van der Waals surface area contributed by atoms with E-state index in [9.17, 15) is 13.2 Å². The molecule has 0 spiro atoms. The van der Waals surface area contributed by atoms with Gasteiger partial charge in [0.15, 0.2) is 0 Å². The number of nitrogens with zero attached hydrogens (tertiary/aromatic N) is 1. The molecule has 6 nitrogen and oxygen atoms in total. The number of para-hydroxylation sites is 1. The van der Waals surface area contributed by atoms with Crippen molar-refractivity contribution in [2.24, 2.45) is 12.8 Å². The summed E-state index contributed by atoms with van der Waals surface area (Å²) < 4.78 is 35.8. The Morgan fingerprint density at radius 2 is 1.67 bits per heavy atom. The molecule has 4 aromatic rings. The van der Waals surface area contributed by atoms with E-state index in [1.165, 1.54) is 16.7 Å². The van der Waals surface area contributed by atoms with Crippen molar-refractivity contribution in [3.63, 3.8) is 0 Å². The molecule has 0 unspecified atom stereocenters. The van der Waals surface area contributed by atoms with Gasteiger partial charge in [0.1, 0.15) is 10.7 Å². The minimum absolute atomic E-state index is 0.0765. The molecular weight excluding hydrogens is 504 g/mol. The van der Waals surface area contributed by atoms with Gasteiger partial charge >= 0.3 is 0 Å². The van der Waals surface area contributed by atoms with Crippen LogP contribution in [0.3, 0.4) is 0 Å². The van der Waals surface area contributed by atoms with Crippen LogP contribution in [0.15, 0.2) is 104 Å². The molecule has 0 fully saturated rings. The lowest BCUT2D eigenvalue weighted by atomic mass is 9.88. The molecule has 166 valence electrons. The fourth-order valence-corrected chi connectivity index (χ4v) is 6.36. The second-order valence-corrected chi connectivity index (χ2v) is 10.6. The minimum Gasteiger partial charge on any atom is -0.439 e. The molecule has 0 bridgehead atoms. The van der Waals surface area contributed by atoms with Crippen LogP contribution in [0.25, 0.3) is 10.9 Å². The number of ether oxygens (including phenoxy) is 1. The third kappa shape index (κ3) is 3.37. The summed E-state index contributed by atoms with van der Waals surface area (Å²) in [5.41, 5.74) is 7.48. The van der Waals surface area contributed by atoms with E-state index in [0.29, 0.717) is 16.5 Å². The van der Waals surface area contributed by atoms with Crippen molar-refractivity contribution in [3.05, 3.63) is 116 Å². The molecule has 1 atom stereocenters. The molecular formula is C25H19BrN2O4S. The highest BCUT2D eigenvalue weighted by molar-refractivity contribution is 9.10. The van der Waals surface area contributed by atoms with Crippen LogP contribution in [0.1, 0.15) is 17.0 Å². The van der Waals surface area contributed by atoms with Crippen LogP contribution >= 0.6 is 15.9 Å². The van der Waals surface area contributed by atoms with Gasteiger partial charge in [-0.3, -0.25) is 4.79 Å². The van der Waals surface area contributed by atoms with Crippen molar-refractivity contribution < 1.29 is 13.2 Å². The lowest BCUT2D eigenvalue weighted by Gasteiger charge is -2.30. The van der Waals surface area contributed by atoms with Crippen LogP contribution in [0.2, 0.25) is 0 Å². The van der Waals surface area contributed by atoms with E-state index in [0.717, 1.165) is 4.47 Å². The Kier molecular flexibility index (Phi) is 5.14. The topological polar surface area (TPSA) is 91.4 Å². The lowest BCUT2D eigenvalue weighted by molar-refractivity contribution is 0.397. The number of pyridine rings is 1. The number of aryl methyl sites for hydroxylation is 1. The molecule has 33 heavy (non-hydrogen) atoms. The SMILES string of the molecule is Cn1c(=O)c2c(c3ccccc31)OC(N)=C(S(=O)(=O)c1ccccc1)[C@H]2c1cccc(Br)c1. The van der Waals surface area contributed by atoms with Crippen molar-refractivity contribution in [1.29, 1.82) is 0 Å². The van der Waals surface area contributed by atoms with E-state index in [1.807, 2.05) is 30.3 Å². The number of fused-ring (bicyclic) bond motifs is 3. The van der Waals surface area contributed by atoms with Crippen molar-refractivity contribution >= 4 is 36.7 Å². The molecule has 8 heteroatoms. The average Bonchev–Trinajstić information content (AvgIpc) is 2.82. The predicted octanol–water partition coefficient (Wildman–Crippen LogP) is 4.43. The Labute approximate surface area is 199 Å². The third-order valence-corrected chi connectivity index (χ3v) is 8.22. The van der Waals surface area contributed by atoms with Gasteiger partial charge in [-0.2, -0.15) is 0 Å². The molecule has 0 radical (unpaired) electrons. The molecule has 1 aliphatic rings. The summed E-state index contributed by atoms with van der Waals surface area (Å²) in [6, 6.07) is 22.5. The zero-order chi connectivity index (χ0) is 23.3. The first-order valence-corrected chi connectivity index (χ1v) is 12.4. The summed E-state index contributed by atoms with van der Waals surface area (Å²) >= 11 is 3.46. The van der Waals surface area contributed by atoms with Gasteiger partial charge in [-0.05, 0) is 42.0 Å². The highest BCUT2D eigenvalue weighted by atomic mass is 79.9. The summed E-state index contributed by atoms with van der Waals surface area (Å²) in [5, 5.41) is 0.675. The molecule has 0 saturated heterocycles. The largest absolute Gasteiger partial charge is 0.439 e. The average molecular weight is 523 g/mol. The maximum absolute atomic E-state index is 13.8. The molecule has 2 N–H and O–H groups in total. The van der Waals surface area contributed by atoms with E-state index >= 15 is 0 Å². The van der Waals surface area contributed by atoms with E-state index in [1.54, 1.807) is 43.4 Å². The van der Waals surface area contributed by atoms with Crippen LogP contribution in [-0.2, 0) is 16.9 Å². The highest BCUT2D eigenvalue weighted by Gasteiger charge is 2.41. The number of hydrogen-bond acceptors (Lipinski definition) is 5. The number of sulfone groups is 1. The Morgan fingerprint density at radius 3 is 2.39 bits per heavy atom. The van der Waals surface area contributed by atoms with E-state index in [2.05, 4.69) is 15.9 Å². The van der Waals surface area contributed by atoms with Crippen molar-refractivity contribution in [1.82, 2.24) is 4.57 Å². The van der Waals surface area contributed by atoms with E-state index in [4.69, 9.17) is 10.5 Å². The quantitative estimate of drug-likeness (QED) is 0.429. The van der Waals surface area contributed by atoms with Gasteiger partial charge in [-0.1, -0.05) is 58.4 Å².